The van der Waals surface area contributed by atoms with Crippen LogP contribution < -0.4 is 5.32 Å². The van der Waals surface area contributed by atoms with Crippen molar-refractivity contribution in [1.29, 1.82) is 0 Å². The highest BCUT2D eigenvalue weighted by Gasteiger charge is 2.41. The molecule has 2 rings (SSSR count). The Balaban J connectivity index is 1.59. The van der Waals surface area contributed by atoms with Gasteiger partial charge in [-0.2, -0.15) is 13.2 Å². The van der Waals surface area contributed by atoms with E-state index < -0.39 is 12.1 Å². The van der Waals surface area contributed by atoms with Gasteiger partial charge < -0.3 is 10.2 Å². The lowest BCUT2D eigenvalue weighted by Gasteiger charge is -2.31. The van der Waals surface area contributed by atoms with Crippen LogP contribution in [0.25, 0.3) is 0 Å². The first-order valence-electron chi connectivity index (χ1n) is 8.08. The van der Waals surface area contributed by atoms with Gasteiger partial charge in [-0.3, -0.25) is 0 Å². The molecule has 118 valence electrons. The number of likely N-dealkylation sites (tertiary alicyclic amines) is 1. The first-order chi connectivity index (χ1) is 9.55. The normalized spacial score (nSPS) is 30.1. The lowest BCUT2D eigenvalue weighted by molar-refractivity contribution is -0.182. The molecule has 0 radical (unpaired) electrons. The van der Waals surface area contributed by atoms with Crippen LogP contribution in [0.4, 0.5) is 13.2 Å². The van der Waals surface area contributed by atoms with Crippen molar-refractivity contribution >= 4 is 0 Å². The van der Waals surface area contributed by atoms with Crippen molar-refractivity contribution in [2.75, 3.05) is 26.2 Å². The number of nitrogens with zero attached hydrogens (tertiary/aromatic N) is 1. The number of nitrogens with one attached hydrogen (secondary N) is 1. The van der Waals surface area contributed by atoms with Crippen molar-refractivity contribution in [3.05, 3.63) is 0 Å². The smallest absolute Gasteiger partial charge is 0.313 e. The molecule has 0 aromatic rings. The minimum absolute atomic E-state index is 0.292. The molecule has 1 aliphatic heterocycles. The SMILES string of the molecule is FC(F)(F)C1CCC(NCCN2CCCCCC2)CC1. The molecule has 0 atom stereocenters. The molecule has 20 heavy (non-hydrogen) atoms. The van der Waals surface area contributed by atoms with E-state index in [1.54, 1.807) is 0 Å². The molecule has 0 aromatic carbocycles. The second-order valence-electron chi connectivity index (χ2n) is 6.30. The van der Waals surface area contributed by atoms with Crippen molar-refractivity contribution in [2.45, 2.75) is 63.6 Å². The van der Waals surface area contributed by atoms with Gasteiger partial charge in [0.05, 0.1) is 5.92 Å². The number of hydrogen-bond donors (Lipinski definition) is 1. The highest BCUT2D eigenvalue weighted by Crippen LogP contribution is 2.37. The average Bonchev–Trinajstić information content (AvgIpc) is 2.67. The summed E-state index contributed by atoms with van der Waals surface area (Å²) in [5.41, 5.74) is 0. The predicted octanol–water partition coefficient (Wildman–Crippen LogP) is 3.57. The fourth-order valence-electron chi connectivity index (χ4n) is 3.41. The van der Waals surface area contributed by atoms with E-state index in [2.05, 4.69) is 10.2 Å². The molecule has 2 aliphatic rings. The van der Waals surface area contributed by atoms with Crippen LogP contribution in [0, 0.1) is 5.92 Å². The van der Waals surface area contributed by atoms with Crippen LogP contribution in [-0.2, 0) is 0 Å². The maximum atomic E-state index is 12.6. The molecule has 0 spiro atoms. The number of hydrogen-bond acceptors (Lipinski definition) is 2. The average molecular weight is 292 g/mol. The summed E-state index contributed by atoms with van der Waals surface area (Å²) >= 11 is 0. The van der Waals surface area contributed by atoms with Gasteiger partial charge >= 0.3 is 6.18 Å². The summed E-state index contributed by atoms with van der Waals surface area (Å²) in [6.07, 6.45) is 3.20. The van der Waals surface area contributed by atoms with Crippen molar-refractivity contribution in [3.63, 3.8) is 0 Å². The largest absolute Gasteiger partial charge is 0.391 e. The highest BCUT2D eigenvalue weighted by molar-refractivity contribution is 4.81. The van der Waals surface area contributed by atoms with Gasteiger partial charge in [-0.25, -0.2) is 0 Å². The van der Waals surface area contributed by atoms with Crippen LogP contribution >= 0.6 is 0 Å². The Morgan fingerprint density at radius 2 is 1.50 bits per heavy atom. The maximum absolute atomic E-state index is 12.6. The Morgan fingerprint density at radius 3 is 2.05 bits per heavy atom. The molecular formula is C15H27F3N2. The first-order valence-corrected chi connectivity index (χ1v) is 8.08. The van der Waals surface area contributed by atoms with Crippen molar-refractivity contribution in [3.8, 4) is 0 Å². The second kappa shape index (κ2) is 7.64. The molecule has 2 fully saturated rings. The summed E-state index contributed by atoms with van der Waals surface area (Å²) in [6.45, 7) is 4.32. The van der Waals surface area contributed by atoms with E-state index in [9.17, 15) is 13.2 Å². The van der Waals surface area contributed by atoms with Crippen LogP contribution in [0.2, 0.25) is 0 Å². The highest BCUT2D eigenvalue weighted by atomic mass is 19.4. The van der Waals surface area contributed by atoms with Crippen molar-refractivity contribution in [2.24, 2.45) is 5.92 Å². The summed E-state index contributed by atoms with van der Waals surface area (Å²) in [4.78, 5) is 2.49. The molecule has 2 nitrogen and oxygen atoms in total. The number of rotatable bonds is 4. The van der Waals surface area contributed by atoms with Gasteiger partial charge in [0.2, 0.25) is 0 Å². The van der Waals surface area contributed by atoms with Crippen LogP contribution in [-0.4, -0.2) is 43.3 Å². The zero-order valence-electron chi connectivity index (χ0n) is 12.2. The fraction of sp³-hybridized carbons (Fsp3) is 1.00. The Bertz CT molecular complexity index is 265. The van der Waals surface area contributed by atoms with Crippen LogP contribution in [0.15, 0.2) is 0 Å². The minimum Gasteiger partial charge on any atom is -0.313 e. The first kappa shape index (κ1) is 16.1. The third kappa shape index (κ3) is 5.24. The Hall–Kier alpha value is -0.290. The summed E-state index contributed by atoms with van der Waals surface area (Å²) < 4.78 is 37.7. The second-order valence-corrected chi connectivity index (χ2v) is 6.30. The van der Waals surface area contributed by atoms with E-state index in [1.807, 2.05) is 0 Å². The maximum Gasteiger partial charge on any atom is 0.391 e. The summed E-state index contributed by atoms with van der Waals surface area (Å²) in [6, 6.07) is 0.292. The molecule has 0 aromatic heterocycles. The van der Waals surface area contributed by atoms with Gasteiger partial charge in [0.1, 0.15) is 0 Å². The number of alkyl halides is 3. The predicted molar refractivity (Wildman–Crippen MR) is 74.7 cm³/mol. The molecule has 0 bridgehead atoms. The molecule has 0 unspecified atom stereocenters. The number of halogens is 3. The van der Waals surface area contributed by atoms with Crippen LogP contribution in [0.1, 0.15) is 51.4 Å². The summed E-state index contributed by atoms with van der Waals surface area (Å²) in [5, 5.41) is 3.45. The lowest BCUT2D eigenvalue weighted by atomic mass is 9.85. The van der Waals surface area contributed by atoms with Crippen LogP contribution in [0.5, 0.6) is 0 Å². The molecule has 1 heterocycles. The fourth-order valence-corrected chi connectivity index (χ4v) is 3.41. The van der Waals surface area contributed by atoms with Gasteiger partial charge in [-0.1, -0.05) is 12.8 Å². The van der Waals surface area contributed by atoms with Gasteiger partial charge in [0.25, 0.3) is 0 Å². The molecule has 1 saturated carbocycles. The van der Waals surface area contributed by atoms with Gasteiger partial charge in [0.15, 0.2) is 0 Å². The van der Waals surface area contributed by atoms with E-state index in [0.717, 1.165) is 13.1 Å². The van der Waals surface area contributed by atoms with E-state index in [0.29, 0.717) is 31.7 Å². The molecule has 0 amide bonds. The van der Waals surface area contributed by atoms with Crippen molar-refractivity contribution in [1.82, 2.24) is 10.2 Å². The molecule has 1 saturated heterocycles. The van der Waals surface area contributed by atoms with Gasteiger partial charge in [0, 0.05) is 19.1 Å². The molecule has 1 aliphatic carbocycles. The third-order valence-corrected chi connectivity index (χ3v) is 4.75. The topological polar surface area (TPSA) is 15.3 Å². The van der Waals surface area contributed by atoms with E-state index in [1.165, 1.54) is 38.8 Å². The summed E-state index contributed by atoms with van der Waals surface area (Å²) in [7, 11) is 0. The lowest BCUT2D eigenvalue weighted by Crippen LogP contribution is -2.40. The minimum atomic E-state index is -3.99. The van der Waals surface area contributed by atoms with Crippen LogP contribution in [0.3, 0.4) is 0 Å². The standard InChI is InChI=1S/C15H27F3N2/c16-15(17,18)13-5-7-14(8-6-13)19-9-12-20-10-3-1-2-4-11-20/h13-14,19H,1-12H2. The monoisotopic (exact) mass is 292 g/mol. The Labute approximate surface area is 120 Å². The Kier molecular flexibility index (Phi) is 6.15. The molecule has 5 heteroatoms. The van der Waals surface area contributed by atoms with Gasteiger partial charge in [-0.05, 0) is 51.6 Å². The van der Waals surface area contributed by atoms with E-state index in [4.69, 9.17) is 0 Å². The van der Waals surface area contributed by atoms with E-state index >= 15 is 0 Å². The zero-order chi connectivity index (χ0) is 14.4. The zero-order valence-corrected chi connectivity index (χ0v) is 12.2. The molecular weight excluding hydrogens is 265 g/mol. The van der Waals surface area contributed by atoms with Crippen molar-refractivity contribution < 1.29 is 13.2 Å². The molecule has 1 N–H and O–H groups in total. The van der Waals surface area contributed by atoms with E-state index in [-0.39, 0.29) is 0 Å². The quantitative estimate of drug-likeness (QED) is 0.852. The Morgan fingerprint density at radius 1 is 0.900 bits per heavy atom. The van der Waals surface area contributed by atoms with Gasteiger partial charge in [-0.15, -0.1) is 0 Å². The summed E-state index contributed by atoms with van der Waals surface area (Å²) in [5.74, 6) is -1.06. The third-order valence-electron chi connectivity index (χ3n) is 4.75.